The lowest BCUT2D eigenvalue weighted by Crippen LogP contribution is -2.25. The molecule has 0 heterocycles. The van der Waals surface area contributed by atoms with Crippen molar-refractivity contribution in [3.8, 4) is 5.75 Å². The molecule has 0 aromatic heterocycles. The summed E-state index contributed by atoms with van der Waals surface area (Å²) in [4.78, 5) is 10.6. The van der Waals surface area contributed by atoms with Gasteiger partial charge in [0.05, 0.1) is 13.2 Å². The van der Waals surface area contributed by atoms with Crippen molar-refractivity contribution in [1.82, 2.24) is 5.32 Å². The van der Waals surface area contributed by atoms with E-state index in [1.165, 1.54) is 26.2 Å². The van der Waals surface area contributed by atoms with Gasteiger partial charge in [-0.25, -0.2) is 4.39 Å². The van der Waals surface area contributed by atoms with Crippen LogP contribution in [-0.4, -0.2) is 24.7 Å². The molecular weight excluding hydrogens is 213 g/mol. The zero-order valence-corrected chi connectivity index (χ0v) is 9.16. The molecule has 1 rings (SSSR count). The SMILES string of the molecule is COc1ccc(C(O)CNC(C)=O)cc1F. The van der Waals surface area contributed by atoms with Crippen molar-refractivity contribution in [2.75, 3.05) is 13.7 Å². The number of aliphatic hydroxyl groups is 1. The molecule has 1 aromatic carbocycles. The van der Waals surface area contributed by atoms with E-state index in [9.17, 15) is 14.3 Å². The van der Waals surface area contributed by atoms with Crippen LogP contribution in [0.4, 0.5) is 4.39 Å². The Morgan fingerprint density at radius 2 is 2.31 bits per heavy atom. The second-order valence-corrected chi connectivity index (χ2v) is 3.35. The first-order valence-electron chi connectivity index (χ1n) is 4.80. The summed E-state index contributed by atoms with van der Waals surface area (Å²) < 4.78 is 18.0. The molecule has 2 N–H and O–H groups in total. The second-order valence-electron chi connectivity index (χ2n) is 3.35. The summed E-state index contributed by atoms with van der Waals surface area (Å²) in [6, 6.07) is 4.17. The Hall–Kier alpha value is -1.62. The van der Waals surface area contributed by atoms with Crippen molar-refractivity contribution >= 4 is 5.91 Å². The average Bonchev–Trinajstić information content (AvgIpc) is 2.25. The second kappa shape index (κ2) is 5.46. The fourth-order valence-corrected chi connectivity index (χ4v) is 1.25. The van der Waals surface area contributed by atoms with Crippen LogP contribution < -0.4 is 10.1 Å². The van der Waals surface area contributed by atoms with Crippen molar-refractivity contribution in [3.05, 3.63) is 29.6 Å². The third kappa shape index (κ3) is 3.20. The number of hydrogen-bond acceptors (Lipinski definition) is 3. The fourth-order valence-electron chi connectivity index (χ4n) is 1.25. The van der Waals surface area contributed by atoms with Gasteiger partial charge in [-0.3, -0.25) is 4.79 Å². The molecule has 0 bridgehead atoms. The summed E-state index contributed by atoms with van der Waals surface area (Å²) >= 11 is 0. The van der Waals surface area contributed by atoms with Gasteiger partial charge in [0.1, 0.15) is 0 Å². The molecule has 0 spiro atoms. The first kappa shape index (κ1) is 12.4. The van der Waals surface area contributed by atoms with Gasteiger partial charge in [0.15, 0.2) is 11.6 Å². The molecule has 0 aliphatic rings. The van der Waals surface area contributed by atoms with E-state index in [1.54, 1.807) is 6.07 Å². The highest BCUT2D eigenvalue weighted by molar-refractivity contribution is 5.72. The number of nitrogens with one attached hydrogen (secondary N) is 1. The van der Waals surface area contributed by atoms with Crippen LogP contribution in [-0.2, 0) is 4.79 Å². The first-order chi connectivity index (χ1) is 7.54. The van der Waals surface area contributed by atoms with Gasteiger partial charge in [0.25, 0.3) is 0 Å². The van der Waals surface area contributed by atoms with Crippen molar-refractivity contribution in [2.24, 2.45) is 0 Å². The van der Waals surface area contributed by atoms with E-state index in [0.717, 1.165) is 0 Å². The minimum Gasteiger partial charge on any atom is -0.494 e. The van der Waals surface area contributed by atoms with E-state index in [1.807, 2.05) is 0 Å². The largest absolute Gasteiger partial charge is 0.494 e. The van der Waals surface area contributed by atoms with Gasteiger partial charge in [-0.1, -0.05) is 6.07 Å². The third-order valence-corrected chi connectivity index (χ3v) is 2.10. The van der Waals surface area contributed by atoms with E-state index in [2.05, 4.69) is 5.32 Å². The number of halogens is 1. The summed E-state index contributed by atoms with van der Waals surface area (Å²) in [5, 5.41) is 12.1. The van der Waals surface area contributed by atoms with Crippen LogP contribution in [0.5, 0.6) is 5.75 Å². The molecule has 0 saturated carbocycles. The molecule has 1 unspecified atom stereocenters. The number of ether oxygens (including phenoxy) is 1. The molecular formula is C11H14FNO3. The van der Waals surface area contributed by atoms with Gasteiger partial charge in [-0.05, 0) is 17.7 Å². The fraction of sp³-hybridized carbons (Fsp3) is 0.364. The smallest absolute Gasteiger partial charge is 0.216 e. The quantitative estimate of drug-likeness (QED) is 0.806. The number of rotatable bonds is 4. The molecule has 88 valence electrons. The lowest BCUT2D eigenvalue weighted by molar-refractivity contribution is -0.119. The number of hydrogen-bond donors (Lipinski definition) is 2. The highest BCUT2D eigenvalue weighted by Gasteiger charge is 2.11. The number of amides is 1. The lowest BCUT2D eigenvalue weighted by Gasteiger charge is -2.12. The van der Waals surface area contributed by atoms with E-state index in [4.69, 9.17) is 4.74 Å². The van der Waals surface area contributed by atoms with Crippen LogP contribution in [0, 0.1) is 5.82 Å². The van der Waals surface area contributed by atoms with Gasteiger partial charge < -0.3 is 15.2 Å². The van der Waals surface area contributed by atoms with Crippen molar-refractivity contribution in [2.45, 2.75) is 13.0 Å². The monoisotopic (exact) mass is 227 g/mol. The Bertz CT molecular complexity index is 381. The summed E-state index contributed by atoms with van der Waals surface area (Å²) in [7, 11) is 1.37. The Labute approximate surface area is 93.0 Å². The highest BCUT2D eigenvalue weighted by atomic mass is 19.1. The van der Waals surface area contributed by atoms with Crippen molar-refractivity contribution in [1.29, 1.82) is 0 Å². The van der Waals surface area contributed by atoms with E-state index in [0.29, 0.717) is 5.56 Å². The van der Waals surface area contributed by atoms with Crippen molar-refractivity contribution in [3.63, 3.8) is 0 Å². The predicted molar refractivity (Wildman–Crippen MR) is 56.6 cm³/mol. The maximum absolute atomic E-state index is 13.3. The normalized spacial score (nSPS) is 12.0. The zero-order chi connectivity index (χ0) is 12.1. The highest BCUT2D eigenvalue weighted by Crippen LogP contribution is 2.21. The van der Waals surface area contributed by atoms with E-state index >= 15 is 0 Å². The minimum absolute atomic E-state index is 0.0566. The van der Waals surface area contributed by atoms with Crippen LogP contribution in [0.3, 0.4) is 0 Å². The minimum atomic E-state index is -0.927. The molecule has 0 aliphatic carbocycles. The number of benzene rings is 1. The number of methoxy groups -OCH3 is 1. The van der Waals surface area contributed by atoms with E-state index < -0.39 is 11.9 Å². The summed E-state index contributed by atoms with van der Waals surface area (Å²) in [6.45, 7) is 1.41. The standard InChI is InChI=1S/C11H14FNO3/c1-7(14)13-6-10(15)8-3-4-11(16-2)9(12)5-8/h3-5,10,15H,6H2,1-2H3,(H,13,14). The first-order valence-corrected chi connectivity index (χ1v) is 4.80. The summed E-state index contributed by atoms with van der Waals surface area (Å²) in [5.41, 5.74) is 0.395. The Balaban J connectivity index is 2.72. The van der Waals surface area contributed by atoms with Crippen LogP contribution in [0.2, 0.25) is 0 Å². The lowest BCUT2D eigenvalue weighted by atomic mass is 10.1. The van der Waals surface area contributed by atoms with Crippen molar-refractivity contribution < 1.29 is 19.0 Å². The van der Waals surface area contributed by atoms with Gasteiger partial charge in [-0.15, -0.1) is 0 Å². The average molecular weight is 227 g/mol. The zero-order valence-electron chi connectivity index (χ0n) is 9.16. The Morgan fingerprint density at radius 1 is 1.62 bits per heavy atom. The van der Waals surface area contributed by atoms with Gasteiger partial charge in [-0.2, -0.15) is 0 Å². The maximum Gasteiger partial charge on any atom is 0.216 e. The summed E-state index contributed by atoms with van der Waals surface area (Å²) in [5.74, 6) is -0.662. The predicted octanol–water partition coefficient (Wildman–Crippen LogP) is 1.00. The maximum atomic E-state index is 13.3. The molecule has 1 atom stereocenters. The summed E-state index contributed by atoms with van der Waals surface area (Å²) in [6.07, 6.45) is -0.927. The molecule has 5 heteroatoms. The number of aliphatic hydroxyl groups excluding tert-OH is 1. The molecule has 1 aromatic rings. The van der Waals surface area contributed by atoms with Gasteiger partial charge in [0.2, 0.25) is 5.91 Å². The number of carbonyl (C=O) groups is 1. The molecule has 1 amide bonds. The molecule has 4 nitrogen and oxygen atoms in total. The Kier molecular flexibility index (Phi) is 4.25. The van der Waals surface area contributed by atoms with E-state index in [-0.39, 0.29) is 18.2 Å². The molecule has 0 saturated heterocycles. The molecule has 0 aliphatic heterocycles. The topological polar surface area (TPSA) is 58.6 Å². The van der Waals surface area contributed by atoms with Crippen LogP contribution in [0.15, 0.2) is 18.2 Å². The molecule has 16 heavy (non-hydrogen) atoms. The van der Waals surface area contributed by atoms with Crippen LogP contribution in [0.25, 0.3) is 0 Å². The van der Waals surface area contributed by atoms with Gasteiger partial charge >= 0.3 is 0 Å². The Morgan fingerprint density at radius 3 is 2.81 bits per heavy atom. The molecule has 0 fully saturated rings. The van der Waals surface area contributed by atoms with Gasteiger partial charge in [0, 0.05) is 13.5 Å². The molecule has 0 radical (unpaired) electrons. The number of carbonyl (C=O) groups excluding carboxylic acids is 1. The van der Waals surface area contributed by atoms with Crippen LogP contribution in [0.1, 0.15) is 18.6 Å². The van der Waals surface area contributed by atoms with Crippen LogP contribution >= 0.6 is 0 Å². The third-order valence-electron chi connectivity index (χ3n) is 2.10.